The lowest BCUT2D eigenvalue weighted by atomic mass is 10.1. The van der Waals surface area contributed by atoms with E-state index in [9.17, 15) is 13.2 Å². The first-order valence-electron chi connectivity index (χ1n) is 9.56. The van der Waals surface area contributed by atoms with Crippen molar-refractivity contribution in [1.82, 2.24) is 19.5 Å². The van der Waals surface area contributed by atoms with Crippen molar-refractivity contribution in [2.45, 2.75) is 19.2 Å². The van der Waals surface area contributed by atoms with E-state index in [1.807, 2.05) is 18.2 Å². The fraction of sp³-hybridized carbons (Fsp3) is 0.136. The lowest BCUT2D eigenvalue weighted by molar-refractivity contribution is -0.136. The molecule has 32 heavy (non-hydrogen) atoms. The van der Waals surface area contributed by atoms with Crippen LogP contribution in [0.1, 0.15) is 23.0 Å². The molecule has 0 atom stereocenters. The molecule has 0 spiro atoms. The summed E-state index contributed by atoms with van der Waals surface area (Å²) in [6.45, 7) is 0.102. The van der Waals surface area contributed by atoms with Gasteiger partial charge in [-0.05, 0) is 24.3 Å². The molecule has 5 rings (SSSR count). The molecular weight excluding hydrogens is 425 g/mol. The lowest BCUT2D eigenvalue weighted by Crippen LogP contribution is -2.08. The molecular formula is C22H15F3N4O3. The van der Waals surface area contributed by atoms with Gasteiger partial charge in [0.1, 0.15) is 11.4 Å². The van der Waals surface area contributed by atoms with Crippen molar-refractivity contribution in [3.8, 4) is 16.9 Å². The second-order valence-electron chi connectivity index (χ2n) is 7.00. The highest BCUT2D eigenvalue weighted by Crippen LogP contribution is 2.35. The van der Waals surface area contributed by atoms with Crippen LogP contribution in [0, 0.1) is 0 Å². The highest BCUT2D eigenvalue weighted by molar-refractivity contribution is 5.67. The second-order valence-corrected chi connectivity index (χ2v) is 7.00. The Morgan fingerprint density at radius 3 is 2.59 bits per heavy atom. The minimum absolute atomic E-state index is 0.0817. The van der Waals surface area contributed by atoms with E-state index in [0.29, 0.717) is 28.4 Å². The molecule has 162 valence electrons. The molecule has 1 aromatic carbocycles. The lowest BCUT2D eigenvalue weighted by Gasteiger charge is -2.10. The van der Waals surface area contributed by atoms with Crippen LogP contribution in [-0.2, 0) is 19.2 Å². The van der Waals surface area contributed by atoms with E-state index < -0.39 is 11.7 Å². The van der Waals surface area contributed by atoms with E-state index in [4.69, 9.17) is 13.7 Å². The molecule has 0 aliphatic carbocycles. The third-order valence-corrected chi connectivity index (χ3v) is 4.71. The maximum atomic E-state index is 13.7. The van der Waals surface area contributed by atoms with Gasteiger partial charge in [-0.2, -0.15) is 18.2 Å². The average Bonchev–Trinajstić information content (AvgIpc) is 3.52. The summed E-state index contributed by atoms with van der Waals surface area (Å²) in [5, 5.41) is 3.85. The van der Waals surface area contributed by atoms with Gasteiger partial charge in [-0.1, -0.05) is 23.4 Å². The Hall–Kier alpha value is -4.08. The van der Waals surface area contributed by atoms with Crippen LogP contribution in [0.5, 0.6) is 5.75 Å². The van der Waals surface area contributed by atoms with Gasteiger partial charge in [-0.15, -0.1) is 0 Å². The van der Waals surface area contributed by atoms with Crippen molar-refractivity contribution in [1.29, 1.82) is 0 Å². The average molecular weight is 440 g/mol. The number of hydrogen-bond donors (Lipinski definition) is 0. The summed E-state index contributed by atoms with van der Waals surface area (Å²) in [4.78, 5) is 8.39. The van der Waals surface area contributed by atoms with Crippen LogP contribution in [0.3, 0.4) is 0 Å². The van der Waals surface area contributed by atoms with Gasteiger partial charge in [-0.3, -0.25) is 0 Å². The van der Waals surface area contributed by atoms with Crippen molar-refractivity contribution >= 4 is 5.65 Å². The molecule has 0 saturated heterocycles. The largest absolute Gasteiger partial charge is 0.485 e. The van der Waals surface area contributed by atoms with Crippen LogP contribution in [0.25, 0.3) is 16.8 Å². The quantitative estimate of drug-likeness (QED) is 0.363. The molecule has 0 amide bonds. The molecule has 4 heterocycles. The number of alkyl halides is 3. The van der Waals surface area contributed by atoms with Gasteiger partial charge in [0.15, 0.2) is 6.61 Å². The van der Waals surface area contributed by atoms with Crippen molar-refractivity contribution in [2.24, 2.45) is 0 Å². The zero-order valence-corrected chi connectivity index (χ0v) is 16.4. The van der Waals surface area contributed by atoms with Crippen molar-refractivity contribution in [3.63, 3.8) is 0 Å². The zero-order chi connectivity index (χ0) is 22.1. The van der Waals surface area contributed by atoms with Crippen LogP contribution >= 0.6 is 0 Å². The molecule has 0 fully saturated rings. The Labute approximate surface area is 179 Å². The number of imidazole rings is 1. The number of para-hydroxylation sites is 1. The topological polar surface area (TPSA) is 78.6 Å². The Kier molecular flexibility index (Phi) is 4.89. The van der Waals surface area contributed by atoms with Gasteiger partial charge < -0.3 is 18.1 Å². The Bertz CT molecular complexity index is 1340. The maximum Gasteiger partial charge on any atom is 0.420 e. The van der Waals surface area contributed by atoms with E-state index in [2.05, 4.69) is 15.1 Å². The van der Waals surface area contributed by atoms with E-state index >= 15 is 0 Å². The number of ether oxygens (including phenoxy) is 1. The normalized spacial score (nSPS) is 11.8. The molecule has 0 N–H and O–H groups in total. The number of furan rings is 1. The van der Waals surface area contributed by atoms with E-state index in [1.54, 1.807) is 24.4 Å². The minimum atomic E-state index is -4.57. The van der Waals surface area contributed by atoms with Crippen LogP contribution in [0.15, 0.2) is 76.3 Å². The molecule has 0 bridgehead atoms. The number of nitrogens with zero attached hydrogens (tertiary/aromatic N) is 4. The molecule has 0 aliphatic heterocycles. The minimum Gasteiger partial charge on any atom is -0.485 e. The summed E-state index contributed by atoms with van der Waals surface area (Å²) in [5.74, 6) is 1.21. The van der Waals surface area contributed by atoms with E-state index in [1.165, 1.54) is 23.1 Å². The number of benzene rings is 1. The standard InChI is InChI=1S/C22H15F3N4O3/c23-22(24,25)18-8-15(14-6-7-30-12-14)10-29-11-16(26-21(18)29)9-20-27-19(28-32-20)13-31-17-4-2-1-3-5-17/h1-8,10-12H,9,13H2. The van der Waals surface area contributed by atoms with Crippen LogP contribution in [0.2, 0.25) is 0 Å². The second kappa shape index (κ2) is 7.88. The Balaban J connectivity index is 1.40. The van der Waals surface area contributed by atoms with Crippen LogP contribution < -0.4 is 4.74 Å². The van der Waals surface area contributed by atoms with Crippen molar-refractivity contribution in [3.05, 3.63) is 90.4 Å². The number of rotatable bonds is 6. The summed E-state index contributed by atoms with van der Waals surface area (Å²) in [5.41, 5.74) is 0.212. The summed E-state index contributed by atoms with van der Waals surface area (Å²) < 4.78 is 58.1. The molecule has 0 radical (unpaired) electrons. The predicted octanol–water partition coefficient (Wildman–Crippen LogP) is 5.17. The molecule has 0 aliphatic rings. The summed E-state index contributed by atoms with van der Waals surface area (Å²) in [6, 6.07) is 11.8. The molecule has 5 aromatic rings. The van der Waals surface area contributed by atoms with Gasteiger partial charge in [0.05, 0.1) is 30.2 Å². The smallest absolute Gasteiger partial charge is 0.420 e. The molecule has 10 heteroatoms. The summed E-state index contributed by atoms with van der Waals surface area (Å²) in [6.07, 6.45) is 1.38. The SMILES string of the molecule is FC(F)(F)c1cc(-c2ccoc2)cn2cc(Cc3nc(COc4ccccc4)no3)nc12. The highest BCUT2D eigenvalue weighted by Gasteiger charge is 2.35. The molecule has 0 saturated carbocycles. The molecule has 0 unspecified atom stereocenters. The third-order valence-electron chi connectivity index (χ3n) is 4.71. The van der Waals surface area contributed by atoms with Crippen LogP contribution in [0.4, 0.5) is 13.2 Å². The van der Waals surface area contributed by atoms with E-state index in [-0.39, 0.29) is 24.6 Å². The monoisotopic (exact) mass is 440 g/mol. The first-order valence-corrected chi connectivity index (χ1v) is 9.56. The van der Waals surface area contributed by atoms with Gasteiger partial charge in [-0.25, -0.2) is 4.98 Å². The number of pyridine rings is 1. The Morgan fingerprint density at radius 1 is 1.00 bits per heavy atom. The number of aromatic nitrogens is 4. The van der Waals surface area contributed by atoms with E-state index in [0.717, 1.165) is 6.07 Å². The first-order chi connectivity index (χ1) is 15.5. The van der Waals surface area contributed by atoms with Gasteiger partial charge in [0.2, 0.25) is 11.7 Å². The summed E-state index contributed by atoms with van der Waals surface area (Å²) >= 11 is 0. The number of halogens is 3. The van der Waals surface area contributed by atoms with Crippen LogP contribution in [-0.4, -0.2) is 19.5 Å². The molecule has 4 aromatic heterocycles. The third kappa shape index (κ3) is 4.07. The first kappa shape index (κ1) is 19.9. The van der Waals surface area contributed by atoms with Gasteiger partial charge >= 0.3 is 6.18 Å². The highest BCUT2D eigenvalue weighted by atomic mass is 19.4. The van der Waals surface area contributed by atoms with Crippen molar-refractivity contribution in [2.75, 3.05) is 0 Å². The Morgan fingerprint density at radius 2 is 1.84 bits per heavy atom. The maximum absolute atomic E-state index is 13.7. The van der Waals surface area contributed by atoms with Gasteiger partial charge in [0, 0.05) is 23.5 Å². The number of hydrogen-bond acceptors (Lipinski definition) is 6. The zero-order valence-electron chi connectivity index (χ0n) is 16.4. The predicted molar refractivity (Wildman–Crippen MR) is 106 cm³/mol. The van der Waals surface area contributed by atoms with Gasteiger partial charge in [0.25, 0.3) is 0 Å². The number of fused-ring (bicyclic) bond motifs is 1. The molecule has 7 nitrogen and oxygen atoms in total. The summed E-state index contributed by atoms with van der Waals surface area (Å²) in [7, 11) is 0. The van der Waals surface area contributed by atoms with Crippen molar-refractivity contribution < 1.29 is 26.8 Å². The fourth-order valence-electron chi connectivity index (χ4n) is 3.27. The fourth-order valence-corrected chi connectivity index (χ4v) is 3.27.